The Morgan fingerprint density at radius 3 is 2.21 bits per heavy atom. The zero-order valence-electron chi connectivity index (χ0n) is 15.4. The van der Waals surface area contributed by atoms with E-state index in [0.29, 0.717) is 24.4 Å². The molecule has 2 aliphatic rings. The van der Waals surface area contributed by atoms with Crippen molar-refractivity contribution in [2.45, 2.75) is 17.1 Å². The van der Waals surface area contributed by atoms with Crippen molar-refractivity contribution in [1.29, 1.82) is 0 Å². The number of nitrogens with zero attached hydrogens (tertiary/aromatic N) is 3. The number of hydrogen-bond acceptors (Lipinski definition) is 6. The molecule has 2 aliphatic heterocycles. The van der Waals surface area contributed by atoms with E-state index in [-0.39, 0.29) is 36.1 Å². The number of carbonyl (C=O) groups excluding carboxylic acids is 1. The minimum absolute atomic E-state index is 0.0906. The number of ether oxygens (including phenoxy) is 2. The fourth-order valence-corrected chi connectivity index (χ4v) is 5.09. The lowest BCUT2D eigenvalue weighted by atomic mass is 10.1. The van der Waals surface area contributed by atoms with Crippen LogP contribution in [0.4, 0.5) is 0 Å². The second kappa shape index (κ2) is 7.50. The molecule has 0 aliphatic carbocycles. The lowest BCUT2D eigenvalue weighted by Gasteiger charge is -2.45. The maximum absolute atomic E-state index is 13.0. The van der Waals surface area contributed by atoms with Gasteiger partial charge in [0.15, 0.2) is 0 Å². The molecule has 9 heteroatoms. The smallest absolute Gasteiger partial charge is 0.254 e. The topological polar surface area (TPSA) is 89.0 Å². The van der Waals surface area contributed by atoms with Crippen LogP contribution in [0, 0.1) is 0 Å². The molecule has 1 amide bonds. The van der Waals surface area contributed by atoms with Gasteiger partial charge < -0.3 is 14.4 Å². The monoisotopic (exact) mass is 403 g/mol. The zero-order valence-corrected chi connectivity index (χ0v) is 16.2. The van der Waals surface area contributed by atoms with Gasteiger partial charge in [0.1, 0.15) is 5.75 Å². The van der Waals surface area contributed by atoms with Gasteiger partial charge in [0.25, 0.3) is 5.91 Å². The summed E-state index contributed by atoms with van der Waals surface area (Å²) in [6.45, 7) is 1.13. The minimum atomic E-state index is -3.63. The predicted molar refractivity (Wildman–Crippen MR) is 101 cm³/mol. The average molecular weight is 403 g/mol. The molecule has 0 unspecified atom stereocenters. The zero-order chi connectivity index (χ0) is 19.7. The molecule has 2 aromatic rings. The second-order valence-corrected chi connectivity index (χ2v) is 8.76. The standard InChI is InChI=1S/C19H21N3O5S/c1-26-15-2-4-18(5-3-15)28(24,25)22-12-16-10-21(11-17(13-22)27-16)19(23)14-6-8-20-9-7-14/h2-9,16-17H,10-13H2,1H3/t16-,17+. The van der Waals surface area contributed by atoms with E-state index in [9.17, 15) is 13.2 Å². The van der Waals surface area contributed by atoms with E-state index in [2.05, 4.69) is 4.98 Å². The van der Waals surface area contributed by atoms with E-state index in [0.717, 1.165) is 0 Å². The molecule has 1 aromatic heterocycles. The third-order valence-electron chi connectivity index (χ3n) is 4.96. The van der Waals surface area contributed by atoms with Gasteiger partial charge in [-0.15, -0.1) is 0 Å². The van der Waals surface area contributed by atoms with Gasteiger partial charge in [-0.25, -0.2) is 8.42 Å². The number of benzene rings is 1. The molecule has 3 heterocycles. The van der Waals surface area contributed by atoms with Crippen molar-refractivity contribution < 1.29 is 22.7 Å². The summed E-state index contributed by atoms with van der Waals surface area (Å²) in [7, 11) is -2.10. The summed E-state index contributed by atoms with van der Waals surface area (Å²) in [5, 5.41) is 0. The molecule has 28 heavy (non-hydrogen) atoms. The van der Waals surface area contributed by atoms with Crippen molar-refractivity contribution in [1.82, 2.24) is 14.2 Å². The summed E-state index contributed by atoms with van der Waals surface area (Å²) in [6, 6.07) is 9.69. The van der Waals surface area contributed by atoms with Crippen molar-refractivity contribution in [3.8, 4) is 5.75 Å². The van der Waals surface area contributed by atoms with Crippen LogP contribution in [0.2, 0.25) is 0 Å². The predicted octanol–water partition coefficient (Wildman–Crippen LogP) is 1.00. The highest BCUT2D eigenvalue weighted by atomic mass is 32.2. The molecule has 0 saturated carbocycles. The molecule has 2 atom stereocenters. The van der Waals surface area contributed by atoms with E-state index in [1.807, 2.05) is 0 Å². The third kappa shape index (κ3) is 3.60. The van der Waals surface area contributed by atoms with E-state index in [1.54, 1.807) is 53.7 Å². The van der Waals surface area contributed by atoms with E-state index in [4.69, 9.17) is 9.47 Å². The van der Waals surface area contributed by atoms with Gasteiger partial charge in [-0.05, 0) is 36.4 Å². The van der Waals surface area contributed by atoms with Gasteiger partial charge in [0.05, 0.1) is 24.2 Å². The Labute approximate surface area is 163 Å². The van der Waals surface area contributed by atoms with Gasteiger partial charge in [-0.2, -0.15) is 4.31 Å². The normalized spacial score (nSPS) is 22.7. The molecule has 0 radical (unpaired) electrons. The molecule has 0 N–H and O–H groups in total. The molecule has 148 valence electrons. The van der Waals surface area contributed by atoms with Gasteiger partial charge >= 0.3 is 0 Å². The van der Waals surface area contributed by atoms with Gasteiger partial charge in [0.2, 0.25) is 10.0 Å². The summed E-state index contributed by atoms with van der Waals surface area (Å²) >= 11 is 0. The van der Waals surface area contributed by atoms with Gasteiger partial charge in [-0.1, -0.05) is 0 Å². The number of pyridine rings is 1. The van der Waals surface area contributed by atoms with Crippen LogP contribution in [0.3, 0.4) is 0 Å². The minimum Gasteiger partial charge on any atom is -0.497 e. The Morgan fingerprint density at radius 2 is 1.64 bits per heavy atom. The average Bonchev–Trinajstić information content (AvgIpc) is 2.73. The number of rotatable bonds is 4. The largest absolute Gasteiger partial charge is 0.497 e. The van der Waals surface area contributed by atoms with E-state index in [1.165, 1.54) is 11.4 Å². The van der Waals surface area contributed by atoms with Crippen molar-refractivity contribution in [2.24, 2.45) is 0 Å². The van der Waals surface area contributed by atoms with Crippen LogP contribution < -0.4 is 4.74 Å². The van der Waals surface area contributed by atoms with Gasteiger partial charge in [-0.3, -0.25) is 9.78 Å². The molecule has 2 bridgehead atoms. The molecule has 8 nitrogen and oxygen atoms in total. The number of carbonyl (C=O) groups is 1. The first-order chi connectivity index (χ1) is 13.5. The lowest BCUT2D eigenvalue weighted by molar-refractivity contribution is -0.113. The van der Waals surface area contributed by atoms with Gasteiger partial charge in [0, 0.05) is 44.1 Å². The number of hydrogen-bond donors (Lipinski definition) is 0. The summed E-state index contributed by atoms with van der Waals surface area (Å²) in [5.41, 5.74) is 0.567. The van der Waals surface area contributed by atoms with Crippen LogP contribution in [-0.4, -0.2) is 74.0 Å². The maximum Gasteiger partial charge on any atom is 0.254 e. The number of sulfonamides is 1. The molecule has 0 spiro atoms. The maximum atomic E-state index is 13.0. The highest BCUT2D eigenvalue weighted by Crippen LogP contribution is 2.26. The van der Waals surface area contributed by atoms with Crippen molar-refractivity contribution in [2.75, 3.05) is 33.3 Å². The Balaban J connectivity index is 1.48. The van der Waals surface area contributed by atoms with Crippen molar-refractivity contribution in [3.05, 3.63) is 54.4 Å². The highest BCUT2D eigenvalue weighted by Gasteiger charge is 2.41. The number of aromatic nitrogens is 1. The molecule has 2 saturated heterocycles. The summed E-state index contributed by atoms with van der Waals surface area (Å²) in [6.07, 6.45) is 2.45. The first kappa shape index (κ1) is 18.9. The summed E-state index contributed by atoms with van der Waals surface area (Å²) < 4.78 is 38.4. The van der Waals surface area contributed by atoms with Crippen LogP contribution in [0.15, 0.2) is 53.7 Å². The highest BCUT2D eigenvalue weighted by molar-refractivity contribution is 7.89. The Bertz CT molecular complexity index is 935. The fraction of sp³-hybridized carbons (Fsp3) is 0.368. The first-order valence-electron chi connectivity index (χ1n) is 8.96. The second-order valence-electron chi connectivity index (χ2n) is 6.82. The Kier molecular flexibility index (Phi) is 5.05. The van der Waals surface area contributed by atoms with Crippen LogP contribution in [0.1, 0.15) is 10.4 Å². The van der Waals surface area contributed by atoms with Crippen LogP contribution >= 0.6 is 0 Å². The van der Waals surface area contributed by atoms with E-state index < -0.39 is 10.0 Å². The summed E-state index contributed by atoms with van der Waals surface area (Å²) in [5.74, 6) is 0.509. The third-order valence-corrected chi connectivity index (χ3v) is 6.81. The quantitative estimate of drug-likeness (QED) is 0.757. The van der Waals surface area contributed by atoms with Crippen molar-refractivity contribution >= 4 is 15.9 Å². The number of fused-ring (bicyclic) bond motifs is 2. The van der Waals surface area contributed by atoms with Crippen LogP contribution in [-0.2, 0) is 14.8 Å². The molecular weight excluding hydrogens is 382 g/mol. The summed E-state index contributed by atoms with van der Waals surface area (Å²) in [4.78, 5) is 18.6. The fourth-order valence-electron chi connectivity index (χ4n) is 3.59. The SMILES string of the molecule is COc1ccc(S(=O)(=O)N2C[C@H]3CN(C(=O)c4ccncc4)C[C@@H](C2)O3)cc1. The lowest BCUT2D eigenvalue weighted by Crippen LogP contribution is -2.61. The first-order valence-corrected chi connectivity index (χ1v) is 10.4. The Morgan fingerprint density at radius 1 is 1.04 bits per heavy atom. The number of morpholine rings is 2. The van der Waals surface area contributed by atoms with Crippen LogP contribution in [0.25, 0.3) is 0 Å². The number of methoxy groups -OCH3 is 1. The van der Waals surface area contributed by atoms with E-state index >= 15 is 0 Å². The van der Waals surface area contributed by atoms with Crippen LogP contribution in [0.5, 0.6) is 5.75 Å². The molecule has 2 fully saturated rings. The molecule has 4 rings (SSSR count). The number of amides is 1. The Hall–Kier alpha value is -2.49. The molecular formula is C19H21N3O5S. The van der Waals surface area contributed by atoms with Crippen molar-refractivity contribution in [3.63, 3.8) is 0 Å². The molecule has 1 aromatic carbocycles.